The van der Waals surface area contributed by atoms with E-state index in [1.54, 1.807) is 0 Å². The molecule has 4 nitrogen and oxygen atoms in total. The van der Waals surface area contributed by atoms with Gasteiger partial charge in [0.05, 0.1) is 18.9 Å². The largest absolute Gasteiger partial charge is 0.381 e. The minimum absolute atomic E-state index is 0.753. The van der Waals surface area contributed by atoms with Crippen molar-refractivity contribution in [3.05, 3.63) is 11.3 Å². The summed E-state index contributed by atoms with van der Waals surface area (Å²) < 4.78 is 10.4. The highest BCUT2D eigenvalue weighted by Gasteiger charge is 2.16. The van der Waals surface area contributed by atoms with Gasteiger partial charge < -0.3 is 14.6 Å². The van der Waals surface area contributed by atoms with Crippen molar-refractivity contribution in [2.24, 2.45) is 0 Å². The van der Waals surface area contributed by atoms with E-state index in [0.717, 1.165) is 37.6 Å². The van der Waals surface area contributed by atoms with Crippen molar-refractivity contribution in [3.8, 4) is 0 Å². The zero-order chi connectivity index (χ0) is 8.39. The zero-order valence-electron chi connectivity index (χ0n) is 7.09. The van der Waals surface area contributed by atoms with Crippen LogP contribution in [0, 0.1) is 0 Å². The van der Waals surface area contributed by atoms with Crippen LogP contribution in [0.5, 0.6) is 0 Å². The van der Waals surface area contributed by atoms with Crippen LogP contribution in [0.2, 0.25) is 0 Å². The molecule has 0 aliphatic carbocycles. The molecule has 2 rings (SSSR count). The first-order valence-electron chi connectivity index (χ1n) is 4.14. The highest BCUT2D eigenvalue weighted by atomic mass is 16.5. The van der Waals surface area contributed by atoms with E-state index in [1.165, 1.54) is 5.56 Å². The number of hydrogen-bond donors (Lipinski definition) is 1. The molecule has 0 saturated carbocycles. The number of nitrogens with one attached hydrogen (secondary N) is 1. The lowest BCUT2D eigenvalue weighted by Crippen LogP contribution is -1.97. The molecule has 0 amide bonds. The maximum absolute atomic E-state index is 5.33. The first kappa shape index (κ1) is 7.61. The number of rotatable bonds is 1. The molecule has 1 aromatic heterocycles. The van der Waals surface area contributed by atoms with Crippen LogP contribution < -0.4 is 5.32 Å². The molecule has 12 heavy (non-hydrogen) atoms. The predicted molar refractivity (Wildman–Crippen MR) is 44.3 cm³/mol. The SMILES string of the molecule is CNc1onc2c1CCOCC2. The van der Waals surface area contributed by atoms with E-state index >= 15 is 0 Å². The van der Waals surface area contributed by atoms with Crippen LogP contribution in [-0.4, -0.2) is 25.4 Å². The number of ether oxygens (including phenoxy) is 1. The van der Waals surface area contributed by atoms with Gasteiger partial charge in [0.1, 0.15) is 0 Å². The second-order valence-electron chi connectivity index (χ2n) is 2.80. The van der Waals surface area contributed by atoms with E-state index in [0.29, 0.717) is 0 Å². The Balaban J connectivity index is 2.32. The average molecular weight is 168 g/mol. The van der Waals surface area contributed by atoms with Gasteiger partial charge in [-0.25, -0.2) is 0 Å². The van der Waals surface area contributed by atoms with Gasteiger partial charge in [-0.3, -0.25) is 0 Å². The van der Waals surface area contributed by atoms with Crippen LogP contribution >= 0.6 is 0 Å². The van der Waals surface area contributed by atoms with Gasteiger partial charge in [-0.2, -0.15) is 0 Å². The highest BCUT2D eigenvalue weighted by molar-refractivity contribution is 5.43. The predicted octanol–water partition coefficient (Wildman–Crippen LogP) is 0.831. The standard InChI is InChI=1S/C8H12N2O2/c1-9-8-6-2-4-11-5-3-7(6)10-12-8/h9H,2-5H2,1H3. The topological polar surface area (TPSA) is 47.3 Å². The highest BCUT2D eigenvalue weighted by Crippen LogP contribution is 2.22. The molecule has 1 aliphatic rings. The van der Waals surface area contributed by atoms with Gasteiger partial charge in [-0.05, 0) is 0 Å². The maximum Gasteiger partial charge on any atom is 0.227 e. The average Bonchev–Trinajstić information content (AvgIpc) is 2.33. The third kappa shape index (κ3) is 1.18. The minimum Gasteiger partial charge on any atom is -0.381 e. The van der Waals surface area contributed by atoms with E-state index in [2.05, 4.69) is 10.5 Å². The van der Waals surface area contributed by atoms with Crippen molar-refractivity contribution >= 4 is 5.88 Å². The van der Waals surface area contributed by atoms with E-state index < -0.39 is 0 Å². The normalized spacial score (nSPS) is 16.8. The van der Waals surface area contributed by atoms with E-state index in [9.17, 15) is 0 Å². The monoisotopic (exact) mass is 168 g/mol. The van der Waals surface area contributed by atoms with Crippen molar-refractivity contribution < 1.29 is 9.26 Å². The van der Waals surface area contributed by atoms with Gasteiger partial charge in [0.15, 0.2) is 0 Å². The molecule has 1 N–H and O–H groups in total. The van der Waals surface area contributed by atoms with Crippen molar-refractivity contribution in [3.63, 3.8) is 0 Å². The molecule has 4 heteroatoms. The van der Waals surface area contributed by atoms with Crippen molar-refractivity contribution in [1.82, 2.24) is 5.16 Å². The summed E-state index contributed by atoms with van der Waals surface area (Å²) in [7, 11) is 1.84. The van der Waals surface area contributed by atoms with Crippen LogP contribution in [0.15, 0.2) is 4.52 Å². The maximum atomic E-state index is 5.33. The third-order valence-corrected chi connectivity index (χ3v) is 2.08. The fourth-order valence-electron chi connectivity index (χ4n) is 1.44. The Morgan fingerprint density at radius 1 is 1.33 bits per heavy atom. The van der Waals surface area contributed by atoms with Gasteiger partial charge in [-0.1, -0.05) is 5.16 Å². The van der Waals surface area contributed by atoms with E-state index in [-0.39, 0.29) is 0 Å². The Hall–Kier alpha value is -1.03. The zero-order valence-corrected chi connectivity index (χ0v) is 7.09. The first-order valence-corrected chi connectivity index (χ1v) is 4.14. The van der Waals surface area contributed by atoms with Gasteiger partial charge in [0.25, 0.3) is 0 Å². The summed E-state index contributed by atoms with van der Waals surface area (Å²) in [5, 5.41) is 6.95. The molecule has 0 radical (unpaired) electrons. The lowest BCUT2D eigenvalue weighted by Gasteiger charge is -1.97. The number of nitrogens with zero attached hydrogens (tertiary/aromatic N) is 1. The van der Waals surface area contributed by atoms with Gasteiger partial charge in [0, 0.05) is 25.5 Å². The summed E-state index contributed by atoms with van der Waals surface area (Å²) in [4.78, 5) is 0. The Morgan fingerprint density at radius 2 is 2.17 bits per heavy atom. The summed E-state index contributed by atoms with van der Waals surface area (Å²) in [5.74, 6) is 0.788. The van der Waals surface area contributed by atoms with Gasteiger partial charge in [0.2, 0.25) is 5.88 Å². The summed E-state index contributed by atoms with van der Waals surface area (Å²) in [6, 6.07) is 0. The molecule has 0 atom stereocenters. The second-order valence-corrected chi connectivity index (χ2v) is 2.80. The lowest BCUT2D eigenvalue weighted by molar-refractivity contribution is 0.145. The molecule has 0 unspecified atom stereocenters. The van der Waals surface area contributed by atoms with Crippen LogP contribution in [0.1, 0.15) is 11.3 Å². The minimum atomic E-state index is 0.753. The summed E-state index contributed by atoms with van der Waals surface area (Å²) in [6.07, 6.45) is 1.76. The summed E-state index contributed by atoms with van der Waals surface area (Å²) >= 11 is 0. The summed E-state index contributed by atoms with van der Waals surface area (Å²) in [5.41, 5.74) is 2.21. The molecular formula is C8H12N2O2. The van der Waals surface area contributed by atoms with Crippen molar-refractivity contribution in [1.29, 1.82) is 0 Å². The Bertz CT molecular complexity index is 270. The van der Waals surface area contributed by atoms with Crippen LogP contribution in [0.3, 0.4) is 0 Å². The fraction of sp³-hybridized carbons (Fsp3) is 0.625. The fourth-order valence-corrected chi connectivity index (χ4v) is 1.44. The van der Waals surface area contributed by atoms with Crippen molar-refractivity contribution in [2.45, 2.75) is 12.8 Å². The second kappa shape index (κ2) is 3.15. The molecule has 2 heterocycles. The lowest BCUT2D eigenvalue weighted by atomic mass is 10.1. The number of hydrogen-bond acceptors (Lipinski definition) is 4. The molecule has 0 saturated heterocycles. The van der Waals surface area contributed by atoms with Crippen molar-refractivity contribution in [2.75, 3.05) is 25.6 Å². The first-order chi connectivity index (χ1) is 5.92. The Morgan fingerprint density at radius 3 is 3.00 bits per heavy atom. The Kier molecular flexibility index (Phi) is 1.99. The Labute approximate surface area is 70.9 Å². The molecule has 0 fully saturated rings. The molecule has 0 aromatic carbocycles. The molecule has 0 spiro atoms. The number of fused-ring (bicyclic) bond motifs is 1. The summed E-state index contributed by atoms with van der Waals surface area (Å²) in [6.45, 7) is 1.52. The van der Waals surface area contributed by atoms with Crippen LogP contribution in [0.25, 0.3) is 0 Å². The van der Waals surface area contributed by atoms with Crippen LogP contribution in [0.4, 0.5) is 5.88 Å². The number of aromatic nitrogens is 1. The van der Waals surface area contributed by atoms with Gasteiger partial charge >= 0.3 is 0 Å². The molecular weight excluding hydrogens is 156 g/mol. The third-order valence-electron chi connectivity index (χ3n) is 2.08. The quantitative estimate of drug-likeness (QED) is 0.674. The molecule has 66 valence electrons. The van der Waals surface area contributed by atoms with Crippen LogP contribution in [-0.2, 0) is 17.6 Å². The smallest absolute Gasteiger partial charge is 0.227 e. The van der Waals surface area contributed by atoms with Gasteiger partial charge in [-0.15, -0.1) is 0 Å². The molecule has 1 aromatic rings. The molecule has 1 aliphatic heterocycles. The van der Waals surface area contributed by atoms with E-state index in [4.69, 9.17) is 9.26 Å². The van der Waals surface area contributed by atoms with E-state index in [1.807, 2.05) is 7.05 Å². The molecule has 0 bridgehead atoms. The number of anilines is 1.